The Balaban J connectivity index is 2.06. The zero-order valence-electron chi connectivity index (χ0n) is 10.7. The van der Waals surface area contributed by atoms with Crippen LogP contribution in [0.2, 0.25) is 0 Å². The predicted octanol–water partition coefficient (Wildman–Crippen LogP) is 3.09. The average molecular weight is 260 g/mol. The number of nitrogen functional groups attached to an aromatic ring is 1. The summed E-state index contributed by atoms with van der Waals surface area (Å²) >= 11 is 0. The number of aromatic nitrogens is 3. The largest absolute Gasteiger partial charge is 0.383 e. The van der Waals surface area contributed by atoms with Crippen molar-refractivity contribution in [3.05, 3.63) is 61.1 Å². The van der Waals surface area contributed by atoms with Gasteiger partial charge in [0.05, 0.1) is 5.39 Å². The van der Waals surface area contributed by atoms with E-state index >= 15 is 0 Å². The van der Waals surface area contributed by atoms with Crippen LogP contribution < -0.4 is 5.73 Å². The summed E-state index contributed by atoms with van der Waals surface area (Å²) in [6.45, 7) is 0. The lowest BCUT2D eigenvalue weighted by molar-refractivity contribution is 1.10. The van der Waals surface area contributed by atoms with Gasteiger partial charge in [0.15, 0.2) is 5.65 Å². The second-order valence-corrected chi connectivity index (χ2v) is 4.69. The van der Waals surface area contributed by atoms with Gasteiger partial charge in [-0.1, -0.05) is 36.4 Å². The van der Waals surface area contributed by atoms with Gasteiger partial charge in [0.2, 0.25) is 0 Å². The molecule has 0 aliphatic heterocycles. The molecule has 2 N–H and O–H groups in total. The van der Waals surface area contributed by atoms with E-state index in [0.717, 1.165) is 27.9 Å². The van der Waals surface area contributed by atoms with E-state index in [2.05, 4.69) is 32.9 Å². The molecule has 0 spiro atoms. The number of nitrogens with zero attached hydrogens (tertiary/aromatic N) is 3. The number of allylic oxidation sites excluding steroid dienone is 4. The van der Waals surface area contributed by atoms with Crippen molar-refractivity contribution in [1.82, 2.24) is 14.5 Å². The number of anilines is 1. The Kier molecular flexibility index (Phi) is 2.23. The summed E-state index contributed by atoms with van der Waals surface area (Å²) in [6.07, 6.45) is 9.68. The molecule has 0 radical (unpaired) electrons. The van der Waals surface area contributed by atoms with Crippen molar-refractivity contribution in [2.75, 3.05) is 5.73 Å². The Bertz CT molecular complexity index is 857. The Morgan fingerprint density at radius 3 is 2.55 bits per heavy atom. The molecule has 0 fully saturated rings. The first-order valence-electron chi connectivity index (χ1n) is 6.40. The Labute approximate surface area is 115 Å². The van der Waals surface area contributed by atoms with E-state index in [1.807, 2.05) is 36.4 Å². The first-order valence-corrected chi connectivity index (χ1v) is 6.40. The fourth-order valence-electron chi connectivity index (χ4n) is 2.46. The molecule has 2 aromatic heterocycles. The maximum absolute atomic E-state index is 6.07. The Morgan fingerprint density at radius 2 is 1.85 bits per heavy atom. The highest BCUT2D eigenvalue weighted by Crippen LogP contribution is 2.34. The normalized spacial score (nSPS) is 13.3. The fourth-order valence-corrected chi connectivity index (χ4v) is 2.46. The van der Waals surface area contributed by atoms with E-state index in [-0.39, 0.29) is 0 Å². The van der Waals surface area contributed by atoms with Crippen LogP contribution in [0.1, 0.15) is 0 Å². The van der Waals surface area contributed by atoms with Crippen LogP contribution >= 0.6 is 0 Å². The molecule has 0 unspecified atom stereocenters. The quantitative estimate of drug-likeness (QED) is 0.770. The molecule has 4 nitrogen and oxygen atoms in total. The van der Waals surface area contributed by atoms with Gasteiger partial charge in [-0.25, -0.2) is 9.97 Å². The van der Waals surface area contributed by atoms with Gasteiger partial charge < -0.3 is 10.3 Å². The van der Waals surface area contributed by atoms with E-state index in [9.17, 15) is 0 Å². The molecular formula is C16H12N4. The molecule has 4 rings (SSSR count). The summed E-state index contributed by atoms with van der Waals surface area (Å²) in [4.78, 5) is 8.51. The summed E-state index contributed by atoms with van der Waals surface area (Å²) in [7, 11) is 0. The van der Waals surface area contributed by atoms with Gasteiger partial charge in [-0.05, 0) is 17.7 Å². The summed E-state index contributed by atoms with van der Waals surface area (Å²) in [5.74, 6) is 0.511. The summed E-state index contributed by atoms with van der Waals surface area (Å²) < 4.78 is 2.05. The summed E-state index contributed by atoms with van der Waals surface area (Å²) in [5.41, 5.74) is 10.2. The molecule has 0 saturated carbocycles. The Hall–Kier alpha value is -2.88. The van der Waals surface area contributed by atoms with Crippen LogP contribution in [0.25, 0.3) is 27.9 Å². The van der Waals surface area contributed by atoms with Gasteiger partial charge >= 0.3 is 0 Å². The predicted molar refractivity (Wildman–Crippen MR) is 80.8 cm³/mol. The van der Waals surface area contributed by atoms with E-state index in [1.54, 1.807) is 0 Å². The molecular weight excluding hydrogens is 248 g/mol. The van der Waals surface area contributed by atoms with E-state index < -0.39 is 0 Å². The molecule has 0 amide bonds. The van der Waals surface area contributed by atoms with Crippen molar-refractivity contribution in [2.45, 2.75) is 0 Å². The third-order valence-electron chi connectivity index (χ3n) is 3.51. The van der Waals surface area contributed by atoms with Crippen LogP contribution in [0, 0.1) is 0 Å². The highest BCUT2D eigenvalue weighted by molar-refractivity contribution is 6.02. The van der Waals surface area contributed by atoms with Crippen molar-refractivity contribution in [1.29, 1.82) is 0 Å². The van der Waals surface area contributed by atoms with Crippen LogP contribution in [0.3, 0.4) is 0 Å². The van der Waals surface area contributed by atoms with Crippen LogP contribution in [-0.4, -0.2) is 14.5 Å². The lowest BCUT2D eigenvalue weighted by Crippen LogP contribution is -1.99. The number of hydrogen-bond donors (Lipinski definition) is 1. The molecule has 1 aliphatic rings. The monoisotopic (exact) mass is 260 g/mol. The molecule has 4 heteroatoms. The Morgan fingerprint density at radius 1 is 1.05 bits per heavy atom. The van der Waals surface area contributed by atoms with Gasteiger partial charge in [0, 0.05) is 17.5 Å². The van der Waals surface area contributed by atoms with Crippen LogP contribution in [0.5, 0.6) is 0 Å². The molecule has 2 heterocycles. The highest BCUT2D eigenvalue weighted by Gasteiger charge is 2.16. The van der Waals surface area contributed by atoms with Gasteiger partial charge in [0.1, 0.15) is 12.1 Å². The first kappa shape index (κ1) is 11.0. The zero-order valence-corrected chi connectivity index (χ0v) is 10.7. The van der Waals surface area contributed by atoms with Crippen molar-refractivity contribution in [3.8, 4) is 11.1 Å². The lowest BCUT2D eigenvalue weighted by Gasteiger charge is -2.09. The third kappa shape index (κ3) is 1.48. The molecule has 1 aliphatic carbocycles. The number of rotatable bonds is 2. The van der Waals surface area contributed by atoms with E-state index in [0.29, 0.717) is 5.82 Å². The number of fused-ring (bicyclic) bond motifs is 1. The smallest absolute Gasteiger partial charge is 0.150 e. The molecule has 0 atom stereocenters. The number of hydrogen-bond acceptors (Lipinski definition) is 3. The van der Waals surface area contributed by atoms with Crippen molar-refractivity contribution >= 4 is 22.5 Å². The molecule has 0 bridgehead atoms. The lowest BCUT2D eigenvalue weighted by atomic mass is 10.1. The first-order chi connectivity index (χ1) is 9.84. The molecule has 20 heavy (non-hydrogen) atoms. The van der Waals surface area contributed by atoms with Crippen molar-refractivity contribution in [3.63, 3.8) is 0 Å². The number of nitrogens with two attached hydrogens (primary N) is 1. The average Bonchev–Trinajstić information content (AvgIpc) is 2.79. The summed E-state index contributed by atoms with van der Waals surface area (Å²) in [5, 5.41) is 0.903. The minimum atomic E-state index is 0.511. The van der Waals surface area contributed by atoms with Crippen LogP contribution in [0.15, 0.2) is 61.1 Å². The standard InChI is InChI=1S/C16H12N4/c17-15-14-13(11-5-2-1-3-6-11)9-20(12-7-4-8-12)16(14)19-10-18-15/h1-10H,(H2,17,18,19). The second kappa shape index (κ2) is 4.06. The highest BCUT2D eigenvalue weighted by atomic mass is 15.1. The van der Waals surface area contributed by atoms with Crippen molar-refractivity contribution in [2.24, 2.45) is 0 Å². The minimum absolute atomic E-state index is 0.511. The maximum Gasteiger partial charge on any atom is 0.150 e. The molecule has 1 aromatic carbocycles. The molecule has 0 saturated heterocycles. The second-order valence-electron chi connectivity index (χ2n) is 4.69. The minimum Gasteiger partial charge on any atom is -0.383 e. The van der Waals surface area contributed by atoms with Gasteiger partial charge in [-0.15, -0.1) is 0 Å². The van der Waals surface area contributed by atoms with Crippen molar-refractivity contribution < 1.29 is 0 Å². The van der Waals surface area contributed by atoms with Gasteiger partial charge in [0.25, 0.3) is 0 Å². The molecule has 3 aromatic rings. The summed E-state index contributed by atoms with van der Waals surface area (Å²) in [6, 6.07) is 10.2. The fraction of sp³-hybridized carbons (Fsp3) is 0. The van der Waals surface area contributed by atoms with Crippen LogP contribution in [0.4, 0.5) is 5.82 Å². The van der Waals surface area contributed by atoms with Crippen LogP contribution in [-0.2, 0) is 0 Å². The third-order valence-corrected chi connectivity index (χ3v) is 3.51. The maximum atomic E-state index is 6.07. The van der Waals surface area contributed by atoms with Gasteiger partial charge in [-0.2, -0.15) is 0 Å². The number of benzene rings is 1. The van der Waals surface area contributed by atoms with E-state index in [4.69, 9.17) is 5.73 Å². The SMILES string of the molecule is Nc1ncnc2c1c(-c1ccccc1)cn2C1=CC=C1. The zero-order chi connectivity index (χ0) is 13.5. The molecule has 96 valence electrons. The topological polar surface area (TPSA) is 56.7 Å². The van der Waals surface area contributed by atoms with E-state index in [1.165, 1.54) is 6.33 Å². The van der Waals surface area contributed by atoms with Gasteiger partial charge in [-0.3, -0.25) is 0 Å².